The largest absolute Gasteiger partial charge is 0.459 e. The Balaban J connectivity index is 1.85. The molecule has 8 nitrogen and oxygen atoms in total. The van der Waals surface area contributed by atoms with Gasteiger partial charge in [0.25, 0.3) is 5.56 Å². The van der Waals surface area contributed by atoms with Crippen molar-refractivity contribution in [2.45, 2.75) is 13.2 Å². The molecule has 0 atom stereocenters. The molecule has 148 valence electrons. The summed E-state index contributed by atoms with van der Waals surface area (Å²) in [5.41, 5.74) is -0.468. The van der Waals surface area contributed by atoms with E-state index in [1.165, 1.54) is 24.5 Å². The maximum absolute atomic E-state index is 12.7. The molecule has 29 heavy (non-hydrogen) atoms. The molecule has 0 aliphatic heterocycles. The van der Waals surface area contributed by atoms with Crippen LogP contribution in [0.3, 0.4) is 0 Å². The van der Waals surface area contributed by atoms with Gasteiger partial charge in [0, 0.05) is 18.0 Å². The van der Waals surface area contributed by atoms with Crippen LogP contribution in [0.1, 0.15) is 5.56 Å². The highest BCUT2D eigenvalue weighted by atomic mass is 35.5. The molecule has 0 saturated carbocycles. The van der Waals surface area contributed by atoms with Gasteiger partial charge in [-0.25, -0.2) is 4.98 Å². The minimum absolute atomic E-state index is 0.0415. The number of hydrogen-bond donors (Lipinski definition) is 0. The number of aromatic nitrogens is 2. The van der Waals surface area contributed by atoms with E-state index in [0.717, 1.165) is 10.1 Å². The van der Waals surface area contributed by atoms with Crippen LogP contribution in [0.4, 0.5) is 5.69 Å². The SMILES string of the molecule is O=C(Cn1ccnc(-c2ccc(Cl)c([N+](=O)[O-])c2Cl)c1=O)OCc1ccccc1. The number of carbonyl (C=O) groups excluding carboxylic acids is 1. The van der Waals surface area contributed by atoms with Crippen LogP contribution in [0.25, 0.3) is 11.3 Å². The number of nitrogens with zero attached hydrogens (tertiary/aromatic N) is 3. The zero-order valence-corrected chi connectivity index (χ0v) is 16.3. The highest BCUT2D eigenvalue weighted by Gasteiger charge is 2.24. The van der Waals surface area contributed by atoms with Crippen LogP contribution in [0.15, 0.2) is 59.7 Å². The topological polar surface area (TPSA) is 104 Å². The van der Waals surface area contributed by atoms with Gasteiger partial charge in [-0.1, -0.05) is 53.5 Å². The van der Waals surface area contributed by atoms with Crippen LogP contribution in [0.5, 0.6) is 0 Å². The number of benzene rings is 2. The molecule has 0 unspecified atom stereocenters. The lowest BCUT2D eigenvalue weighted by molar-refractivity contribution is -0.384. The number of esters is 1. The minimum atomic E-state index is -0.739. The second-order valence-electron chi connectivity index (χ2n) is 5.87. The van der Waals surface area contributed by atoms with Gasteiger partial charge in [-0.3, -0.25) is 19.7 Å². The van der Waals surface area contributed by atoms with Gasteiger partial charge in [0.15, 0.2) is 0 Å². The Kier molecular flexibility index (Phi) is 6.26. The zero-order chi connectivity index (χ0) is 21.0. The number of nitro benzene ring substituents is 1. The van der Waals surface area contributed by atoms with Crippen LogP contribution in [0, 0.1) is 10.1 Å². The molecular weight excluding hydrogens is 421 g/mol. The fraction of sp³-hybridized carbons (Fsp3) is 0.105. The smallest absolute Gasteiger partial charge is 0.326 e. The molecule has 0 radical (unpaired) electrons. The van der Waals surface area contributed by atoms with Crippen LogP contribution >= 0.6 is 23.2 Å². The number of rotatable bonds is 6. The van der Waals surface area contributed by atoms with Crippen molar-refractivity contribution in [3.05, 3.63) is 90.9 Å². The molecule has 0 bridgehead atoms. The standard InChI is InChI=1S/C19H13Cl2N3O5/c20-14-7-6-13(16(21)18(14)24(27)28)17-19(26)23(9-8-22-17)10-15(25)29-11-12-4-2-1-3-5-12/h1-9H,10-11H2. The van der Waals surface area contributed by atoms with Crippen molar-refractivity contribution in [3.8, 4) is 11.3 Å². The van der Waals surface area contributed by atoms with Gasteiger partial charge in [0.05, 0.1) is 4.92 Å². The lowest BCUT2D eigenvalue weighted by Crippen LogP contribution is -2.26. The molecule has 0 fully saturated rings. The molecule has 0 saturated heterocycles. The van der Waals surface area contributed by atoms with E-state index >= 15 is 0 Å². The molecule has 10 heteroatoms. The minimum Gasteiger partial charge on any atom is -0.459 e. The first-order valence-corrected chi connectivity index (χ1v) is 9.02. The van der Waals surface area contributed by atoms with Crippen molar-refractivity contribution < 1.29 is 14.5 Å². The van der Waals surface area contributed by atoms with Crippen molar-refractivity contribution in [1.82, 2.24) is 9.55 Å². The van der Waals surface area contributed by atoms with Crippen molar-refractivity contribution in [2.24, 2.45) is 0 Å². The van der Waals surface area contributed by atoms with E-state index < -0.39 is 22.1 Å². The summed E-state index contributed by atoms with van der Waals surface area (Å²) in [6.45, 7) is -0.282. The Morgan fingerprint density at radius 1 is 1.17 bits per heavy atom. The third kappa shape index (κ3) is 4.61. The lowest BCUT2D eigenvalue weighted by atomic mass is 10.1. The Morgan fingerprint density at radius 3 is 2.59 bits per heavy atom. The van der Waals surface area contributed by atoms with Crippen molar-refractivity contribution >= 4 is 34.9 Å². The highest BCUT2D eigenvalue weighted by molar-refractivity contribution is 6.39. The van der Waals surface area contributed by atoms with Crippen LogP contribution in [-0.2, 0) is 22.7 Å². The molecule has 2 aromatic carbocycles. The van der Waals surface area contributed by atoms with Gasteiger partial charge in [0.1, 0.15) is 28.9 Å². The Labute approximate surface area is 174 Å². The lowest BCUT2D eigenvalue weighted by Gasteiger charge is -2.09. The summed E-state index contributed by atoms with van der Waals surface area (Å²) in [4.78, 5) is 39.2. The van der Waals surface area contributed by atoms with Gasteiger partial charge < -0.3 is 9.30 Å². The van der Waals surface area contributed by atoms with Crippen LogP contribution in [0.2, 0.25) is 10.0 Å². The Bertz CT molecular complexity index is 1130. The maximum Gasteiger partial charge on any atom is 0.326 e. The fourth-order valence-electron chi connectivity index (χ4n) is 2.57. The van der Waals surface area contributed by atoms with Crippen molar-refractivity contribution in [2.75, 3.05) is 0 Å². The predicted molar refractivity (Wildman–Crippen MR) is 107 cm³/mol. The van der Waals surface area contributed by atoms with Crippen LogP contribution in [-0.4, -0.2) is 20.4 Å². The van der Waals surface area contributed by atoms with Crippen LogP contribution < -0.4 is 5.56 Å². The molecule has 3 aromatic rings. The van der Waals surface area contributed by atoms with Gasteiger partial charge >= 0.3 is 11.7 Å². The summed E-state index contributed by atoms with van der Waals surface area (Å²) in [7, 11) is 0. The van der Waals surface area contributed by atoms with E-state index in [9.17, 15) is 19.7 Å². The first-order chi connectivity index (χ1) is 13.9. The second kappa shape index (κ2) is 8.85. The summed E-state index contributed by atoms with van der Waals surface area (Å²) in [6, 6.07) is 11.7. The summed E-state index contributed by atoms with van der Waals surface area (Å²) >= 11 is 11.9. The summed E-state index contributed by atoms with van der Waals surface area (Å²) < 4.78 is 6.26. The first kappa shape index (κ1) is 20.5. The van der Waals surface area contributed by atoms with Crippen molar-refractivity contribution in [1.29, 1.82) is 0 Å². The monoisotopic (exact) mass is 433 g/mol. The Morgan fingerprint density at radius 2 is 1.90 bits per heavy atom. The van der Waals surface area contributed by atoms with Gasteiger partial charge in [0.2, 0.25) is 0 Å². The maximum atomic E-state index is 12.7. The fourth-order valence-corrected chi connectivity index (χ4v) is 3.17. The molecule has 1 aromatic heterocycles. The van der Waals surface area contributed by atoms with E-state index in [1.807, 2.05) is 18.2 Å². The van der Waals surface area contributed by atoms with E-state index in [0.29, 0.717) is 0 Å². The number of halogens is 2. The molecular formula is C19H13Cl2N3O5. The number of hydrogen-bond acceptors (Lipinski definition) is 6. The quantitative estimate of drug-likeness (QED) is 0.332. The molecule has 1 heterocycles. The van der Waals surface area contributed by atoms with E-state index in [4.69, 9.17) is 27.9 Å². The molecule has 0 amide bonds. The van der Waals surface area contributed by atoms with Gasteiger partial charge in [-0.15, -0.1) is 0 Å². The summed E-state index contributed by atoms with van der Waals surface area (Å²) in [5, 5.41) is 10.7. The number of nitro groups is 1. The Hall–Kier alpha value is -3.23. The first-order valence-electron chi connectivity index (χ1n) is 8.26. The predicted octanol–water partition coefficient (Wildman–Crippen LogP) is 3.87. The van der Waals surface area contributed by atoms with Gasteiger partial charge in [-0.05, 0) is 17.7 Å². The normalized spacial score (nSPS) is 10.6. The average Bonchev–Trinajstić information content (AvgIpc) is 2.69. The number of carbonyl (C=O) groups is 1. The van der Waals surface area contributed by atoms with E-state index in [2.05, 4.69) is 4.98 Å². The zero-order valence-electron chi connectivity index (χ0n) is 14.7. The van der Waals surface area contributed by atoms with Crippen molar-refractivity contribution in [3.63, 3.8) is 0 Å². The summed E-state index contributed by atoms with van der Waals surface area (Å²) in [5.74, 6) is -0.624. The third-order valence-electron chi connectivity index (χ3n) is 3.96. The molecule has 3 rings (SSSR count). The van der Waals surface area contributed by atoms with E-state index in [1.54, 1.807) is 12.1 Å². The second-order valence-corrected chi connectivity index (χ2v) is 6.65. The van der Waals surface area contributed by atoms with E-state index in [-0.39, 0.29) is 34.5 Å². The molecule has 0 spiro atoms. The molecule has 0 N–H and O–H groups in total. The third-order valence-corrected chi connectivity index (χ3v) is 4.65. The molecule has 0 aliphatic rings. The van der Waals surface area contributed by atoms with Gasteiger partial charge in [-0.2, -0.15) is 0 Å². The highest BCUT2D eigenvalue weighted by Crippen LogP contribution is 2.38. The number of ether oxygens (including phenoxy) is 1. The summed E-state index contributed by atoms with van der Waals surface area (Å²) in [6.07, 6.45) is 2.60. The molecule has 0 aliphatic carbocycles. The average molecular weight is 434 g/mol.